The predicted molar refractivity (Wildman–Crippen MR) is 118 cm³/mol. The second kappa shape index (κ2) is 10.5. The van der Waals surface area contributed by atoms with Gasteiger partial charge < -0.3 is 15.2 Å². The van der Waals surface area contributed by atoms with E-state index in [0.29, 0.717) is 17.5 Å². The molecule has 2 N–H and O–H groups in total. The van der Waals surface area contributed by atoms with Crippen LogP contribution in [-0.2, 0) is 22.6 Å². The lowest BCUT2D eigenvalue weighted by Crippen LogP contribution is -2.51. The van der Waals surface area contributed by atoms with E-state index in [2.05, 4.69) is 21.2 Å². The summed E-state index contributed by atoms with van der Waals surface area (Å²) in [5, 5.41) is 12.9. The van der Waals surface area contributed by atoms with Crippen LogP contribution in [0.4, 0.5) is 4.39 Å². The van der Waals surface area contributed by atoms with Crippen molar-refractivity contribution in [2.24, 2.45) is 5.41 Å². The van der Waals surface area contributed by atoms with Crippen LogP contribution in [0.5, 0.6) is 0 Å². The Morgan fingerprint density at radius 2 is 1.90 bits per heavy atom. The fourth-order valence-electron chi connectivity index (χ4n) is 4.13. The molecular formula is C24H29BrFNO3. The molecule has 2 aromatic rings. The largest absolute Gasteiger partial charge is 0.394 e. The summed E-state index contributed by atoms with van der Waals surface area (Å²) in [6.07, 6.45) is 3.75. The summed E-state index contributed by atoms with van der Waals surface area (Å²) in [7, 11) is 0. The predicted octanol–water partition coefficient (Wildman–Crippen LogP) is 4.77. The van der Waals surface area contributed by atoms with E-state index in [1.54, 1.807) is 12.1 Å². The van der Waals surface area contributed by atoms with Crippen molar-refractivity contribution in [2.75, 3.05) is 6.61 Å². The van der Waals surface area contributed by atoms with Crippen LogP contribution in [0.2, 0.25) is 0 Å². The first-order chi connectivity index (χ1) is 14.4. The molecule has 0 heterocycles. The van der Waals surface area contributed by atoms with Gasteiger partial charge in [0.2, 0.25) is 5.91 Å². The summed E-state index contributed by atoms with van der Waals surface area (Å²) < 4.78 is 19.9. The summed E-state index contributed by atoms with van der Waals surface area (Å²) >= 11 is 3.23. The van der Waals surface area contributed by atoms with Crippen LogP contribution < -0.4 is 5.32 Å². The van der Waals surface area contributed by atoms with Crippen LogP contribution in [0.3, 0.4) is 0 Å². The Labute approximate surface area is 186 Å². The monoisotopic (exact) mass is 477 g/mol. The minimum atomic E-state index is -0.538. The maximum absolute atomic E-state index is 13.6. The van der Waals surface area contributed by atoms with Crippen molar-refractivity contribution in [1.29, 1.82) is 0 Å². The van der Waals surface area contributed by atoms with Crippen molar-refractivity contribution >= 4 is 21.8 Å². The molecule has 1 unspecified atom stereocenters. The molecule has 0 saturated heterocycles. The van der Waals surface area contributed by atoms with E-state index in [0.717, 1.165) is 36.8 Å². The number of amides is 1. The molecule has 2 atom stereocenters. The Morgan fingerprint density at radius 1 is 1.20 bits per heavy atom. The number of halogens is 2. The first kappa shape index (κ1) is 22.9. The van der Waals surface area contributed by atoms with Crippen LogP contribution in [0.25, 0.3) is 0 Å². The first-order valence-corrected chi connectivity index (χ1v) is 11.2. The Morgan fingerprint density at radius 3 is 2.53 bits per heavy atom. The third-order valence-corrected chi connectivity index (χ3v) is 6.61. The zero-order valence-electron chi connectivity index (χ0n) is 17.2. The van der Waals surface area contributed by atoms with Gasteiger partial charge in [-0.05, 0) is 65.4 Å². The molecular weight excluding hydrogens is 449 g/mol. The highest BCUT2D eigenvalue weighted by Gasteiger charge is 2.42. The highest BCUT2D eigenvalue weighted by atomic mass is 79.9. The number of aliphatic hydroxyl groups is 1. The van der Waals surface area contributed by atoms with Gasteiger partial charge in [-0.25, -0.2) is 4.39 Å². The minimum Gasteiger partial charge on any atom is -0.394 e. The lowest BCUT2D eigenvalue weighted by Gasteiger charge is -2.32. The van der Waals surface area contributed by atoms with E-state index < -0.39 is 11.5 Å². The molecule has 0 radical (unpaired) electrons. The third-order valence-electron chi connectivity index (χ3n) is 6.00. The fraction of sp³-hybridized carbons (Fsp3) is 0.458. The van der Waals surface area contributed by atoms with Gasteiger partial charge in [-0.1, -0.05) is 49.2 Å². The molecule has 0 spiro atoms. The van der Waals surface area contributed by atoms with Crippen molar-refractivity contribution in [1.82, 2.24) is 5.32 Å². The highest BCUT2D eigenvalue weighted by molar-refractivity contribution is 9.10. The van der Waals surface area contributed by atoms with Crippen molar-refractivity contribution in [3.63, 3.8) is 0 Å². The summed E-state index contributed by atoms with van der Waals surface area (Å²) in [5.41, 5.74) is 1.43. The molecule has 1 amide bonds. The third kappa shape index (κ3) is 5.68. The number of benzene rings is 2. The molecule has 1 aliphatic rings. The van der Waals surface area contributed by atoms with Crippen LogP contribution in [-0.4, -0.2) is 29.8 Å². The van der Waals surface area contributed by atoms with Crippen LogP contribution in [0.15, 0.2) is 53.0 Å². The highest BCUT2D eigenvalue weighted by Crippen LogP contribution is 2.41. The Hall–Kier alpha value is -1.76. The SMILES string of the molecule is C[C@H](OCc1ccccc1)C(CO)NC(=O)C1(Cc2ccc(F)c(Br)c2)CCCC1. The zero-order valence-corrected chi connectivity index (χ0v) is 18.8. The smallest absolute Gasteiger partial charge is 0.226 e. The number of carbonyl (C=O) groups is 1. The van der Waals surface area contributed by atoms with Crippen molar-refractivity contribution in [2.45, 2.75) is 57.8 Å². The van der Waals surface area contributed by atoms with Crippen LogP contribution in [0.1, 0.15) is 43.7 Å². The normalized spacial score (nSPS) is 17.5. The molecule has 0 aliphatic heterocycles. The average Bonchev–Trinajstić information content (AvgIpc) is 3.23. The van der Waals surface area contributed by atoms with E-state index in [9.17, 15) is 14.3 Å². The number of ether oxygens (including phenoxy) is 1. The summed E-state index contributed by atoms with van der Waals surface area (Å²) in [6.45, 7) is 2.09. The zero-order chi connectivity index (χ0) is 21.6. The molecule has 1 aliphatic carbocycles. The second-order valence-corrected chi connectivity index (χ2v) is 9.03. The molecule has 2 aromatic carbocycles. The van der Waals surface area contributed by atoms with Gasteiger partial charge in [0.25, 0.3) is 0 Å². The van der Waals surface area contributed by atoms with Gasteiger partial charge >= 0.3 is 0 Å². The lowest BCUT2D eigenvalue weighted by atomic mass is 9.79. The van der Waals surface area contributed by atoms with Crippen LogP contribution in [0, 0.1) is 11.2 Å². The Kier molecular flexibility index (Phi) is 8.03. The van der Waals surface area contributed by atoms with Gasteiger partial charge in [-0.2, -0.15) is 0 Å². The quantitative estimate of drug-likeness (QED) is 0.546. The van der Waals surface area contributed by atoms with E-state index in [1.807, 2.05) is 37.3 Å². The van der Waals surface area contributed by atoms with E-state index >= 15 is 0 Å². The average molecular weight is 478 g/mol. The van der Waals surface area contributed by atoms with Gasteiger partial charge in [0.05, 0.1) is 35.2 Å². The summed E-state index contributed by atoms with van der Waals surface area (Å²) in [5.74, 6) is -0.372. The number of hydrogen-bond acceptors (Lipinski definition) is 3. The van der Waals surface area contributed by atoms with Gasteiger partial charge in [-0.3, -0.25) is 4.79 Å². The number of carbonyl (C=O) groups excluding carboxylic acids is 1. The van der Waals surface area contributed by atoms with Crippen molar-refractivity contribution < 1.29 is 19.0 Å². The number of rotatable bonds is 9. The van der Waals surface area contributed by atoms with Gasteiger partial charge in [0.1, 0.15) is 5.82 Å². The maximum atomic E-state index is 13.6. The second-order valence-electron chi connectivity index (χ2n) is 8.18. The van der Waals surface area contributed by atoms with Crippen molar-refractivity contribution in [3.8, 4) is 0 Å². The number of nitrogens with one attached hydrogen (secondary N) is 1. The molecule has 6 heteroatoms. The molecule has 162 valence electrons. The molecule has 0 aromatic heterocycles. The molecule has 0 bridgehead atoms. The molecule has 30 heavy (non-hydrogen) atoms. The van der Waals surface area contributed by atoms with Gasteiger partial charge in [-0.15, -0.1) is 0 Å². The molecule has 3 rings (SSSR count). The fourth-order valence-corrected chi connectivity index (χ4v) is 4.55. The van der Waals surface area contributed by atoms with E-state index in [1.165, 1.54) is 6.07 Å². The number of aliphatic hydroxyl groups excluding tert-OH is 1. The maximum Gasteiger partial charge on any atom is 0.226 e. The van der Waals surface area contributed by atoms with Crippen molar-refractivity contribution in [3.05, 3.63) is 69.9 Å². The number of hydrogen-bond donors (Lipinski definition) is 2. The Balaban J connectivity index is 1.65. The van der Waals surface area contributed by atoms with Crippen LogP contribution >= 0.6 is 15.9 Å². The molecule has 4 nitrogen and oxygen atoms in total. The standard InChI is InChI=1S/C24H29BrFNO3/c1-17(30-16-18-7-3-2-4-8-18)22(15-28)27-23(29)24(11-5-6-12-24)14-19-9-10-21(26)20(25)13-19/h2-4,7-10,13,17,22,28H,5-6,11-12,14-16H2,1H3,(H,27,29)/t17-,22?/m0/s1. The molecule has 1 fully saturated rings. The molecule has 1 saturated carbocycles. The summed E-state index contributed by atoms with van der Waals surface area (Å²) in [4.78, 5) is 13.3. The van der Waals surface area contributed by atoms with E-state index in [-0.39, 0.29) is 24.4 Å². The van der Waals surface area contributed by atoms with Gasteiger partial charge in [0.15, 0.2) is 0 Å². The Bertz CT molecular complexity index is 840. The topological polar surface area (TPSA) is 58.6 Å². The minimum absolute atomic E-state index is 0.0605. The van der Waals surface area contributed by atoms with Gasteiger partial charge in [0, 0.05) is 0 Å². The first-order valence-electron chi connectivity index (χ1n) is 10.4. The summed E-state index contributed by atoms with van der Waals surface area (Å²) in [6, 6.07) is 14.2. The van der Waals surface area contributed by atoms with E-state index in [4.69, 9.17) is 4.74 Å². The lowest BCUT2D eigenvalue weighted by molar-refractivity contribution is -0.133.